The zero-order valence-corrected chi connectivity index (χ0v) is 20.0. The molecule has 8 nitrogen and oxygen atoms in total. The van der Waals surface area contributed by atoms with Gasteiger partial charge in [-0.1, -0.05) is 0 Å². The molecule has 0 saturated carbocycles. The maximum absolute atomic E-state index is 15.1. The van der Waals surface area contributed by atoms with Crippen LogP contribution >= 0.6 is 0 Å². The number of methoxy groups -OCH3 is 2. The van der Waals surface area contributed by atoms with E-state index >= 15 is 8.78 Å². The largest absolute Gasteiger partial charge is 0.573 e. The number of anilines is 1. The molecule has 1 aromatic heterocycles. The molecule has 2 N–H and O–H groups in total. The van der Waals surface area contributed by atoms with Gasteiger partial charge in [0.05, 0.1) is 20.3 Å². The molecular formula is C25H22F5N3O5. The number of halogens is 5. The van der Waals surface area contributed by atoms with Crippen LogP contribution in [0.3, 0.4) is 0 Å². The Labute approximate surface area is 213 Å². The zero-order valence-electron chi connectivity index (χ0n) is 20.0. The molecule has 13 heteroatoms. The Bertz CT molecular complexity index is 1280. The minimum Gasteiger partial charge on any atom is -0.497 e. The first-order valence-electron chi connectivity index (χ1n) is 11.1. The SMILES string of the molecule is COc1ccnc(N2C[C@@H](c3c(F)cc(OC)cc3F)C(NC(=O)c3ccc(OC(F)(F)F)cc3)C2O)c1. The van der Waals surface area contributed by atoms with E-state index in [2.05, 4.69) is 15.0 Å². The molecule has 1 aliphatic heterocycles. The van der Waals surface area contributed by atoms with Gasteiger partial charge in [-0.25, -0.2) is 13.8 Å². The number of hydrogen-bond acceptors (Lipinski definition) is 7. The van der Waals surface area contributed by atoms with E-state index in [1.807, 2.05) is 0 Å². The van der Waals surface area contributed by atoms with Crippen molar-refractivity contribution in [3.8, 4) is 17.2 Å². The topological polar surface area (TPSA) is 93.2 Å². The molecule has 3 atom stereocenters. The van der Waals surface area contributed by atoms with Crippen LogP contribution in [-0.4, -0.2) is 55.4 Å². The molecule has 0 bridgehead atoms. The molecule has 3 aromatic rings. The van der Waals surface area contributed by atoms with Crippen molar-refractivity contribution in [1.29, 1.82) is 0 Å². The second-order valence-electron chi connectivity index (χ2n) is 8.30. The van der Waals surface area contributed by atoms with Crippen LogP contribution < -0.4 is 24.4 Å². The summed E-state index contributed by atoms with van der Waals surface area (Å²) < 4.78 is 81.3. The number of carbonyl (C=O) groups excluding carboxylic acids is 1. The summed E-state index contributed by atoms with van der Waals surface area (Å²) in [5.41, 5.74) is -0.464. The van der Waals surface area contributed by atoms with Crippen LogP contribution in [0.5, 0.6) is 17.2 Å². The minimum atomic E-state index is -4.91. The van der Waals surface area contributed by atoms with E-state index in [9.17, 15) is 23.1 Å². The highest BCUT2D eigenvalue weighted by Crippen LogP contribution is 2.38. The molecule has 4 rings (SSSR count). The quantitative estimate of drug-likeness (QED) is 0.439. The summed E-state index contributed by atoms with van der Waals surface area (Å²) in [4.78, 5) is 18.5. The Morgan fingerprint density at radius 1 is 1.00 bits per heavy atom. The fraction of sp³-hybridized carbons (Fsp3) is 0.280. The number of nitrogens with one attached hydrogen (secondary N) is 1. The van der Waals surface area contributed by atoms with Crippen LogP contribution in [0, 0.1) is 11.6 Å². The molecule has 2 heterocycles. The summed E-state index contributed by atoms with van der Waals surface area (Å²) in [6.07, 6.45) is -4.98. The van der Waals surface area contributed by atoms with Gasteiger partial charge in [-0.15, -0.1) is 13.2 Å². The van der Waals surface area contributed by atoms with Crippen molar-refractivity contribution in [2.24, 2.45) is 0 Å². The highest BCUT2D eigenvalue weighted by Gasteiger charge is 2.45. The lowest BCUT2D eigenvalue weighted by Gasteiger charge is -2.26. The molecule has 202 valence electrons. The molecule has 0 radical (unpaired) electrons. The van der Waals surface area contributed by atoms with Crippen LogP contribution in [0.4, 0.5) is 27.8 Å². The Kier molecular flexibility index (Phi) is 7.58. The molecular weight excluding hydrogens is 517 g/mol. The van der Waals surface area contributed by atoms with Gasteiger partial charge in [-0.2, -0.15) is 0 Å². The van der Waals surface area contributed by atoms with Crippen molar-refractivity contribution in [3.63, 3.8) is 0 Å². The normalized spacial score (nSPS) is 19.3. The summed E-state index contributed by atoms with van der Waals surface area (Å²) in [5.74, 6) is -3.76. The number of aliphatic hydroxyl groups excluding tert-OH is 1. The number of hydrogen-bond donors (Lipinski definition) is 2. The number of amides is 1. The van der Waals surface area contributed by atoms with Crippen LogP contribution in [0.25, 0.3) is 0 Å². The van der Waals surface area contributed by atoms with E-state index < -0.39 is 53.4 Å². The predicted octanol–water partition coefficient (Wildman–Crippen LogP) is 4.00. The van der Waals surface area contributed by atoms with Crippen molar-refractivity contribution in [3.05, 3.63) is 77.5 Å². The zero-order chi connectivity index (χ0) is 27.6. The number of nitrogens with zero attached hydrogens (tertiary/aromatic N) is 2. The van der Waals surface area contributed by atoms with Crippen LogP contribution in [0.2, 0.25) is 0 Å². The molecule has 0 aliphatic carbocycles. The fourth-order valence-electron chi connectivity index (χ4n) is 4.27. The maximum Gasteiger partial charge on any atom is 0.573 e. The van der Waals surface area contributed by atoms with Gasteiger partial charge >= 0.3 is 6.36 Å². The number of pyridine rings is 1. The maximum atomic E-state index is 15.1. The summed E-state index contributed by atoms with van der Waals surface area (Å²) in [7, 11) is 2.68. The first kappa shape index (κ1) is 26.9. The van der Waals surface area contributed by atoms with Gasteiger partial charge in [0.15, 0.2) is 0 Å². The first-order chi connectivity index (χ1) is 18.0. The number of rotatable bonds is 7. The highest BCUT2D eigenvalue weighted by atomic mass is 19.4. The van der Waals surface area contributed by atoms with Crippen LogP contribution in [0.15, 0.2) is 54.7 Å². The third kappa shape index (κ3) is 5.72. The molecule has 2 aromatic carbocycles. The van der Waals surface area contributed by atoms with Crippen LogP contribution in [0.1, 0.15) is 21.8 Å². The van der Waals surface area contributed by atoms with Crippen molar-refractivity contribution in [1.82, 2.24) is 10.3 Å². The summed E-state index contributed by atoms with van der Waals surface area (Å²) in [6.45, 7) is -0.148. The Hall–Kier alpha value is -4.13. The molecule has 1 saturated heterocycles. The van der Waals surface area contributed by atoms with Crippen molar-refractivity contribution >= 4 is 11.7 Å². The Balaban J connectivity index is 1.67. The molecule has 1 amide bonds. The average Bonchev–Trinajstić information content (AvgIpc) is 3.18. The highest BCUT2D eigenvalue weighted by molar-refractivity contribution is 5.94. The molecule has 2 unspecified atom stereocenters. The van der Waals surface area contributed by atoms with Crippen molar-refractivity contribution in [2.75, 3.05) is 25.7 Å². The van der Waals surface area contributed by atoms with Gasteiger partial charge in [-0.05, 0) is 30.3 Å². The lowest BCUT2D eigenvalue weighted by atomic mass is 9.92. The van der Waals surface area contributed by atoms with E-state index in [1.54, 1.807) is 6.07 Å². The van der Waals surface area contributed by atoms with Crippen molar-refractivity contribution < 1.29 is 46.1 Å². The van der Waals surface area contributed by atoms with Gasteiger partial charge in [0, 0.05) is 48.0 Å². The Morgan fingerprint density at radius 2 is 1.63 bits per heavy atom. The number of alkyl halides is 3. The van der Waals surface area contributed by atoms with Gasteiger partial charge in [0.25, 0.3) is 5.91 Å². The summed E-state index contributed by atoms with van der Waals surface area (Å²) in [6, 6.07) is 7.85. The van der Waals surface area contributed by atoms with Gasteiger partial charge in [-0.3, -0.25) is 4.79 Å². The number of benzene rings is 2. The fourth-order valence-corrected chi connectivity index (χ4v) is 4.27. The van der Waals surface area contributed by atoms with Crippen LogP contribution in [-0.2, 0) is 0 Å². The molecule has 0 spiro atoms. The Morgan fingerprint density at radius 3 is 2.21 bits per heavy atom. The summed E-state index contributed by atoms with van der Waals surface area (Å²) in [5, 5.41) is 13.7. The second-order valence-corrected chi connectivity index (χ2v) is 8.30. The van der Waals surface area contributed by atoms with Gasteiger partial charge in [0.2, 0.25) is 0 Å². The van der Waals surface area contributed by atoms with E-state index in [1.165, 1.54) is 31.4 Å². The summed E-state index contributed by atoms with van der Waals surface area (Å²) >= 11 is 0. The monoisotopic (exact) mass is 539 g/mol. The molecule has 1 aliphatic rings. The third-order valence-electron chi connectivity index (χ3n) is 6.02. The van der Waals surface area contributed by atoms with E-state index in [0.29, 0.717) is 5.75 Å². The minimum absolute atomic E-state index is 0.0598. The molecule has 38 heavy (non-hydrogen) atoms. The number of carbonyl (C=O) groups is 1. The standard InChI is InChI=1S/C25H22F5N3O5/c1-36-15-7-8-31-20(11-15)33-12-17(21-18(26)9-16(37-2)10-19(21)27)22(24(33)35)32-23(34)13-3-5-14(6-4-13)38-25(28,29)30/h3-11,17,22,24,35H,12H2,1-2H3,(H,32,34)/t17-,22?,24?/m0/s1. The number of aliphatic hydroxyl groups is 1. The number of aromatic nitrogens is 1. The van der Waals surface area contributed by atoms with Gasteiger partial charge in [0.1, 0.15) is 40.9 Å². The van der Waals surface area contributed by atoms with Gasteiger partial charge < -0.3 is 29.5 Å². The van der Waals surface area contributed by atoms with E-state index in [-0.39, 0.29) is 23.7 Å². The van der Waals surface area contributed by atoms with E-state index in [4.69, 9.17) is 9.47 Å². The first-order valence-corrected chi connectivity index (χ1v) is 11.1. The predicted molar refractivity (Wildman–Crippen MR) is 124 cm³/mol. The third-order valence-corrected chi connectivity index (χ3v) is 6.02. The lowest BCUT2D eigenvalue weighted by molar-refractivity contribution is -0.274. The van der Waals surface area contributed by atoms with E-state index in [0.717, 1.165) is 36.4 Å². The number of ether oxygens (including phenoxy) is 3. The average molecular weight is 539 g/mol. The smallest absolute Gasteiger partial charge is 0.497 e. The molecule has 1 fully saturated rings. The second kappa shape index (κ2) is 10.7. The van der Waals surface area contributed by atoms with Crippen molar-refractivity contribution in [2.45, 2.75) is 24.6 Å². The lowest BCUT2D eigenvalue weighted by Crippen LogP contribution is -2.47.